The second-order valence-electron chi connectivity index (χ2n) is 2.55. The smallest absolute Gasteiger partial charge is 0.275 e. The fourth-order valence-electron chi connectivity index (χ4n) is 1.02. The van der Waals surface area contributed by atoms with Gasteiger partial charge < -0.3 is 0 Å². The molecule has 1 aromatic carbocycles. The largest absolute Gasteiger partial charge is 0.418 e. The first-order valence-electron chi connectivity index (χ1n) is 3.50. The zero-order chi connectivity index (χ0) is 11.8. The standard InChI is InChI=1S/C8H2BrClF4O/c9-3-1-2-4(11)5(7(10)15)6(3)8(12,13)14/h1-2H. The zero-order valence-electron chi connectivity index (χ0n) is 6.83. The Morgan fingerprint density at radius 1 is 1.33 bits per heavy atom. The maximum atomic E-state index is 13.0. The highest BCUT2D eigenvalue weighted by atomic mass is 79.9. The summed E-state index contributed by atoms with van der Waals surface area (Å²) >= 11 is 7.48. The molecule has 0 aliphatic carbocycles. The second kappa shape index (κ2) is 4.09. The predicted octanol–water partition coefficient (Wildman–Crippen LogP) is 3.99. The Morgan fingerprint density at radius 3 is 2.20 bits per heavy atom. The maximum Gasteiger partial charge on any atom is 0.418 e. The molecule has 0 aliphatic heterocycles. The van der Waals surface area contributed by atoms with Crippen LogP contribution < -0.4 is 0 Å². The minimum atomic E-state index is -4.85. The molecule has 1 aromatic rings. The van der Waals surface area contributed by atoms with Crippen LogP contribution in [0.25, 0.3) is 0 Å². The molecule has 0 spiro atoms. The van der Waals surface area contributed by atoms with Gasteiger partial charge in [-0.15, -0.1) is 0 Å². The highest BCUT2D eigenvalue weighted by molar-refractivity contribution is 9.10. The Hall–Kier alpha value is -0.620. The van der Waals surface area contributed by atoms with Crippen LogP contribution in [0.1, 0.15) is 15.9 Å². The van der Waals surface area contributed by atoms with E-state index in [2.05, 4.69) is 15.9 Å². The molecule has 0 heterocycles. The topological polar surface area (TPSA) is 17.1 Å². The van der Waals surface area contributed by atoms with Crippen LogP contribution in [0.5, 0.6) is 0 Å². The van der Waals surface area contributed by atoms with Crippen LogP contribution in [0.2, 0.25) is 0 Å². The molecule has 1 rings (SSSR count). The monoisotopic (exact) mass is 304 g/mol. The molecule has 0 aliphatic rings. The number of rotatable bonds is 1. The van der Waals surface area contributed by atoms with Gasteiger partial charge >= 0.3 is 6.18 Å². The lowest BCUT2D eigenvalue weighted by atomic mass is 10.1. The zero-order valence-corrected chi connectivity index (χ0v) is 9.17. The summed E-state index contributed by atoms with van der Waals surface area (Å²) in [6.45, 7) is 0. The van der Waals surface area contributed by atoms with Crippen LogP contribution in [0, 0.1) is 5.82 Å². The molecular formula is C8H2BrClF4O. The van der Waals surface area contributed by atoms with Gasteiger partial charge in [0.2, 0.25) is 0 Å². The van der Waals surface area contributed by atoms with Gasteiger partial charge in [-0.3, -0.25) is 4.79 Å². The Bertz CT molecular complexity index is 416. The van der Waals surface area contributed by atoms with Crippen molar-refractivity contribution in [3.8, 4) is 0 Å². The van der Waals surface area contributed by atoms with E-state index < -0.39 is 32.8 Å². The normalized spacial score (nSPS) is 11.6. The summed E-state index contributed by atoms with van der Waals surface area (Å²) in [4.78, 5) is 10.7. The third kappa shape index (κ3) is 2.49. The molecule has 0 amide bonds. The fourth-order valence-corrected chi connectivity index (χ4v) is 1.76. The third-order valence-electron chi connectivity index (χ3n) is 1.58. The first-order valence-corrected chi connectivity index (χ1v) is 4.67. The molecule has 0 unspecified atom stereocenters. The van der Waals surface area contributed by atoms with Crippen molar-refractivity contribution in [2.75, 3.05) is 0 Å². The van der Waals surface area contributed by atoms with E-state index in [4.69, 9.17) is 11.6 Å². The summed E-state index contributed by atoms with van der Waals surface area (Å²) in [6, 6.07) is 1.59. The Labute approximate surface area is 95.2 Å². The van der Waals surface area contributed by atoms with Crippen LogP contribution in [0.3, 0.4) is 0 Å². The van der Waals surface area contributed by atoms with Gasteiger partial charge in [-0.05, 0) is 23.7 Å². The molecule has 0 saturated heterocycles. The van der Waals surface area contributed by atoms with E-state index in [1.165, 1.54) is 0 Å². The lowest BCUT2D eigenvalue weighted by Crippen LogP contribution is -2.13. The minimum Gasteiger partial charge on any atom is -0.275 e. The number of halogens is 6. The van der Waals surface area contributed by atoms with E-state index in [0.29, 0.717) is 0 Å². The van der Waals surface area contributed by atoms with Crippen molar-refractivity contribution in [3.63, 3.8) is 0 Å². The van der Waals surface area contributed by atoms with E-state index in [0.717, 1.165) is 12.1 Å². The highest BCUT2D eigenvalue weighted by Gasteiger charge is 2.38. The van der Waals surface area contributed by atoms with Crippen molar-refractivity contribution in [3.05, 3.63) is 33.5 Å². The third-order valence-corrected chi connectivity index (χ3v) is 2.43. The van der Waals surface area contributed by atoms with Crippen molar-refractivity contribution >= 4 is 32.8 Å². The minimum absolute atomic E-state index is 0.430. The molecular weight excluding hydrogens is 303 g/mol. The van der Waals surface area contributed by atoms with Gasteiger partial charge in [-0.1, -0.05) is 15.9 Å². The van der Waals surface area contributed by atoms with Gasteiger partial charge in [0.25, 0.3) is 5.24 Å². The Kier molecular flexibility index (Phi) is 3.40. The van der Waals surface area contributed by atoms with Crippen LogP contribution in [-0.4, -0.2) is 5.24 Å². The number of hydrogen-bond acceptors (Lipinski definition) is 1. The predicted molar refractivity (Wildman–Crippen MR) is 49.3 cm³/mol. The molecule has 15 heavy (non-hydrogen) atoms. The SMILES string of the molecule is O=C(Cl)c1c(F)ccc(Br)c1C(F)(F)F. The highest BCUT2D eigenvalue weighted by Crippen LogP contribution is 2.38. The second-order valence-corrected chi connectivity index (χ2v) is 3.75. The molecule has 1 nitrogen and oxygen atoms in total. The lowest BCUT2D eigenvalue weighted by Gasteiger charge is -2.12. The summed E-state index contributed by atoms with van der Waals surface area (Å²) in [5.74, 6) is -1.30. The van der Waals surface area contributed by atoms with E-state index in [1.807, 2.05) is 0 Å². The molecule has 0 radical (unpaired) electrons. The molecule has 0 saturated carbocycles. The van der Waals surface area contributed by atoms with Gasteiger partial charge in [-0.25, -0.2) is 4.39 Å². The van der Waals surface area contributed by atoms with Crippen LogP contribution in [-0.2, 0) is 6.18 Å². The number of carbonyl (C=O) groups is 1. The maximum absolute atomic E-state index is 13.0. The number of hydrogen-bond donors (Lipinski definition) is 0. The van der Waals surface area contributed by atoms with Crippen molar-refractivity contribution in [2.24, 2.45) is 0 Å². The van der Waals surface area contributed by atoms with E-state index in [9.17, 15) is 22.4 Å². The molecule has 0 fully saturated rings. The molecule has 82 valence electrons. The quantitative estimate of drug-likeness (QED) is 0.566. The van der Waals surface area contributed by atoms with Gasteiger partial charge in [0, 0.05) is 4.47 Å². The van der Waals surface area contributed by atoms with E-state index >= 15 is 0 Å². The van der Waals surface area contributed by atoms with Crippen molar-refractivity contribution < 1.29 is 22.4 Å². The summed E-state index contributed by atoms with van der Waals surface area (Å²) in [5.41, 5.74) is -2.57. The average molecular weight is 305 g/mol. The lowest BCUT2D eigenvalue weighted by molar-refractivity contribution is -0.138. The first kappa shape index (κ1) is 12.4. The molecule has 0 bridgehead atoms. The summed E-state index contributed by atoms with van der Waals surface area (Å²) in [5, 5.41) is -1.49. The van der Waals surface area contributed by atoms with Gasteiger partial charge in [0.15, 0.2) is 0 Å². The summed E-state index contributed by atoms with van der Waals surface area (Å²) in [7, 11) is 0. The van der Waals surface area contributed by atoms with Crippen LogP contribution in [0.15, 0.2) is 16.6 Å². The number of benzene rings is 1. The van der Waals surface area contributed by atoms with Crippen LogP contribution >= 0.6 is 27.5 Å². The van der Waals surface area contributed by atoms with Gasteiger partial charge in [0.05, 0.1) is 11.1 Å². The number of carbonyl (C=O) groups excluding carboxylic acids is 1. The molecule has 0 N–H and O–H groups in total. The summed E-state index contributed by atoms with van der Waals surface area (Å²) < 4.78 is 49.9. The van der Waals surface area contributed by atoms with E-state index in [-0.39, 0.29) is 0 Å². The van der Waals surface area contributed by atoms with Gasteiger partial charge in [0.1, 0.15) is 5.82 Å². The van der Waals surface area contributed by atoms with Crippen molar-refractivity contribution in [1.82, 2.24) is 0 Å². The molecule has 0 atom stereocenters. The first-order chi connectivity index (χ1) is 6.75. The number of alkyl halides is 3. The molecule has 0 aromatic heterocycles. The van der Waals surface area contributed by atoms with Crippen LogP contribution in [0.4, 0.5) is 17.6 Å². The van der Waals surface area contributed by atoms with E-state index in [1.54, 1.807) is 0 Å². The molecule has 7 heteroatoms. The fraction of sp³-hybridized carbons (Fsp3) is 0.125. The Morgan fingerprint density at radius 2 is 1.87 bits per heavy atom. The average Bonchev–Trinajstić information content (AvgIpc) is 2.05. The van der Waals surface area contributed by atoms with Crippen molar-refractivity contribution in [2.45, 2.75) is 6.18 Å². The summed E-state index contributed by atoms with van der Waals surface area (Å²) in [6.07, 6.45) is -4.85. The Balaban J connectivity index is 3.60. The van der Waals surface area contributed by atoms with Gasteiger partial charge in [-0.2, -0.15) is 13.2 Å². The van der Waals surface area contributed by atoms with Crippen molar-refractivity contribution in [1.29, 1.82) is 0 Å².